The van der Waals surface area contributed by atoms with Crippen LogP contribution in [0.25, 0.3) is 16.6 Å². The van der Waals surface area contributed by atoms with Gasteiger partial charge in [0.2, 0.25) is 5.91 Å². The summed E-state index contributed by atoms with van der Waals surface area (Å²) in [5.74, 6) is 0.953. The number of hydrogen-bond acceptors (Lipinski definition) is 3. The Morgan fingerprint density at radius 2 is 1.90 bits per heavy atom. The number of para-hydroxylation sites is 1. The molecule has 1 N–H and O–H groups in total. The maximum absolute atomic E-state index is 12.2. The molecular weight excluding hydrogens is 362 g/mol. The van der Waals surface area contributed by atoms with E-state index in [4.69, 9.17) is 0 Å². The first kappa shape index (κ1) is 19.2. The number of aromatic nitrogens is 4. The summed E-state index contributed by atoms with van der Waals surface area (Å²) in [6.07, 6.45) is 7.12. The lowest BCUT2D eigenvalue weighted by molar-refractivity contribution is -0.121. The molecule has 0 unspecified atom stereocenters. The van der Waals surface area contributed by atoms with Crippen LogP contribution in [0.5, 0.6) is 0 Å². The number of pyridine rings is 1. The van der Waals surface area contributed by atoms with Crippen molar-refractivity contribution in [3.8, 4) is 0 Å². The van der Waals surface area contributed by atoms with Gasteiger partial charge in [0.1, 0.15) is 5.82 Å². The quantitative estimate of drug-likeness (QED) is 0.496. The van der Waals surface area contributed by atoms with E-state index in [1.54, 1.807) is 0 Å². The van der Waals surface area contributed by atoms with Crippen molar-refractivity contribution in [2.45, 2.75) is 45.6 Å². The second-order valence-corrected chi connectivity index (χ2v) is 7.67. The Labute approximate surface area is 170 Å². The lowest BCUT2D eigenvalue weighted by atomic mass is 10.1. The number of nitrogens with zero attached hydrogens (tertiary/aromatic N) is 4. The predicted octanol–water partition coefficient (Wildman–Crippen LogP) is 3.95. The van der Waals surface area contributed by atoms with Crippen molar-refractivity contribution in [3.63, 3.8) is 0 Å². The fraction of sp³-hybridized carbons (Fsp3) is 0.348. The minimum atomic E-state index is 0.0893. The average molecular weight is 390 g/mol. The molecule has 150 valence electrons. The van der Waals surface area contributed by atoms with Crippen molar-refractivity contribution < 1.29 is 4.79 Å². The van der Waals surface area contributed by atoms with Gasteiger partial charge < -0.3 is 9.88 Å². The van der Waals surface area contributed by atoms with Crippen LogP contribution in [0.15, 0.2) is 54.9 Å². The molecule has 0 radical (unpaired) electrons. The highest BCUT2D eigenvalue weighted by molar-refractivity contribution is 5.84. The smallest absolute Gasteiger partial charge is 0.220 e. The highest BCUT2D eigenvalue weighted by Gasteiger charge is 2.11. The van der Waals surface area contributed by atoms with E-state index in [-0.39, 0.29) is 5.91 Å². The van der Waals surface area contributed by atoms with E-state index < -0.39 is 0 Å². The topological polar surface area (TPSA) is 64.2 Å². The van der Waals surface area contributed by atoms with Crippen LogP contribution in [-0.4, -0.2) is 31.6 Å². The number of hydrogen-bond donors (Lipinski definition) is 1. The molecule has 3 heterocycles. The Balaban J connectivity index is 1.28. The van der Waals surface area contributed by atoms with Gasteiger partial charge in [0.05, 0.1) is 0 Å². The van der Waals surface area contributed by atoms with Crippen LogP contribution in [0.2, 0.25) is 0 Å². The second-order valence-electron chi connectivity index (χ2n) is 7.67. The highest BCUT2D eigenvalue weighted by Crippen LogP contribution is 2.25. The third-order valence-electron chi connectivity index (χ3n) is 5.28. The van der Waals surface area contributed by atoms with Gasteiger partial charge >= 0.3 is 0 Å². The monoisotopic (exact) mass is 389 g/mol. The number of carbonyl (C=O) groups is 1. The minimum Gasteiger partial charge on any atom is -0.356 e. The van der Waals surface area contributed by atoms with E-state index in [0.29, 0.717) is 25.4 Å². The molecule has 0 fully saturated rings. The molecule has 0 aliphatic carbocycles. The van der Waals surface area contributed by atoms with E-state index in [1.165, 1.54) is 16.5 Å². The number of fused-ring (bicyclic) bond motifs is 2. The number of amides is 1. The predicted molar refractivity (Wildman–Crippen MR) is 115 cm³/mol. The number of nitrogens with one attached hydrogen (secondary N) is 1. The van der Waals surface area contributed by atoms with Crippen molar-refractivity contribution >= 4 is 22.5 Å². The fourth-order valence-electron chi connectivity index (χ4n) is 3.81. The Kier molecular flexibility index (Phi) is 5.60. The van der Waals surface area contributed by atoms with Crippen LogP contribution in [0.1, 0.15) is 44.1 Å². The number of rotatable bonds is 8. The van der Waals surface area contributed by atoms with E-state index in [1.807, 2.05) is 28.8 Å². The van der Waals surface area contributed by atoms with Gasteiger partial charge in [-0.05, 0) is 50.5 Å². The Morgan fingerprint density at radius 1 is 1.07 bits per heavy atom. The van der Waals surface area contributed by atoms with Crippen LogP contribution in [0.4, 0.5) is 0 Å². The third-order valence-corrected chi connectivity index (χ3v) is 5.28. The van der Waals surface area contributed by atoms with Gasteiger partial charge in [-0.25, -0.2) is 0 Å². The molecule has 0 saturated carbocycles. The Bertz CT molecular complexity index is 1120. The van der Waals surface area contributed by atoms with Gasteiger partial charge in [-0.3, -0.25) is 9.20 Å². The molecule has 6 nitrogen and oxygen atoms in total. The summed E-state index contributed by atoms with van der Waals surface area (Å²) >= 11 is 0. The lowest BCUT2D eigenvalue weighted by Gasteiger charge is -2.08. The van der Waals surface area contributed by atoms with Gasteiger partial charge in [-0.1, -0.05) is 24.3 Å². The normalized spacial score (nSPS) is 11.6. The minimum absolute atomic E-state index is 0.0893. The maximum atomic E-state index is 12.2. The van der Waals surface area contributed by atoms with Crippen LogP contribution in [0, 0.1) is 0 Å². The summed E-state index contributed by atoms with van der Waals surface area (Å²) in [5, 5.41) is 12.6. The van der Waals surface area contributed by atoms with Crippen molar-refractivity contribution in [2.24, 2.45) is 0 Å². The van der Waals surface area contributed by atoms with E-state index in [9.17, 15) is 4.79 Å². The zero-order valence-electron chi connectivity index (χ0n) is 17.0. The summed E-state index contributed by atoms with van der Waals surface area (Å²) in [7, 11) is 0. The van der Waals surface area contributed by atoms with E-state index in [2.05, 4.69) is 64.4 Å². The Hall–Kier alpha value is -3.15. The van der Waals surface area contributed by atoms with Gasteiger partial charge in [0.25, 0.3) is 0 Å². The average Bonchev–Trinajstić information content (AvgIpc) is 3.30. The van der Waals surface area contributed by atoms with Gasteiger partial charge in [-0.15, -0.1) is 10.2 Å². The van der Waals surface area contributed by atoms with Crippen LogP contribution < -0.4 is 5.32 Å². The molecule has 1 amide bonds. The zero-order valence-corrected chi connectivity index (χ0v) is 17.0. The molecule has 6 heteroatoms. The fourth-order valence-corrected chi connectivity index (χ4v) is 3.81. The first-order valence-electron chi connectivity index (χ1n) is 10.3. The van der Waals surface area contributed by atoms with Crippen molar-refractivity contribution in [1.29, 1.82) is 0 Å². The first-order valence-corrected chi connectivity index (χ1v) is 10.3. The molecule has 29 heavy (non-hydrogen) atoms. The molecule has 4 rings (SSSR count). The third kappa shape index (κ3) is 4.16. The molecule has 0 spiro atoms. The summed E-state index contributed by atoms with van der Waals surface area (Å²) in [6, 6.07) is 14.7. The number of benzene rings is 1. The molecule has 4 aromatic rings. The summed E-state index contributed by atoms with van der Waals surface area (Å²) in [4.78, 5) is 12.2. The SMILES string of the molecule is CC(C)n1cc(CCCC(=O)NCCc2nnc3ccccn23)c2ccccc21. The standard InChI is InChI=1S/C23H27N5O/c1-17(2)28-16-18(19-9-3-4-10-20(19)28)8-7-12-23(29)24-14-13-22-26-25-21-11-5-6-15-27(21)22/h3-6,9-11,15-17H,7-8,12-14H2,1-2H3,(H,24,29). The van der Waals surface area contributed by atoms with Gasteiger partial charge in [-0.2, -0.15) is 0 Å². The maximum Gasteiger partial charge on any atom is 0.220 e. The van der Waals surface area contributed by atoms with Gasteiger partial charge in [0, 0.05) is 48.7 Å². The van der Waals surface area contributed by atoms with Crippen LogP contribution in [0.3, 0.4) is 0 Å². The van der Waals surface area contributed by atoms with Gasteiger partial charge in [0.15, 0.2) is 5.65 Å². The van der Waals surface area contributed by atoms with E-state index >= 15 is 0 Å². The highest BCUT2D eigenvalue weighted by atomic mass is 16.1. The van der Waals surface area contributed by atoms with Crippen molar-refractivity contribution in [3.05, 3.63) is 66.2 Å². The summed E-state index contributed by atoms with van der Waals surface area (Å²) in [5.41, 5.74) is 3.41. The van der Waals surface area contributed by atoms with Crippen molar-refractivity contribution in [1.82, 2.24) is 24.5 Å². The first-order chi connectivity index (χ1) is 14.1. The lowest BCUT2D eigenvalue weighted by Crippen LogP contribution is -2.26. The molecular formula is C23H27N5O. The molecule has 3 aromatic heterocycles. The molecule has 1 aromatic carbocycles. The Morgan fingerprint density at radius 3 is 2.76 bits per heavy atom. The molecule has 0 saturated heterocycles. The second kappa shape index (κ2) is 8.47. The molecule has 0 bridgehead atoms. The van der Waals surface area contributed by atoms with Crippen LogP contribution >= 0.6 is 0 Å². The van der Waals surface area contributed by atoms with Crippen LogP contribution in [-0.2, 0) is 17.6 Å². The summed E-state index contributed by atoms with van der Waals surface area (Å²) < 4.78 is 4.27. The van der Waals surface area contributed by atoms with E-state index in [0.717, 1.165) is 24.3 Å². The largest absolute Gasteiger partial charge is 0.356 e. The molecule has 0 atom stereocenters. The molecule has 0 aliphatic heterocycles. The molecule has 0 aliphatic rings. The number of carbonyl (C=O) groups excluding carboxylic acids is 1. The number of aryl methyl sites for hydroxylation is 1. The summed E-state index contributed by atoms with van der Waals surface area (Å²) in [6.45, 7) is 4.96. The zero-order chi connectivity index (χ0) is 20.2. The van der Waals surface area contributed by atoms with Crippen molar-refractivity contribution in [2.75, 3.05) is 6.54 Å².